The van der Waals surface area contributed by atoms with Gasteiger partial charge in [0.2, 0.25) is 0 Å². The SMILES string of the molecule is C[C@H](O)C[NH2+]CCOc1ccc2c(c1)CCC2. The lowest BCUT2D eigenvalue weighted by Gasteiger charge is -2.08. The number of benzene rings is 1. The van der Waals surface area contributed by atoms with E-state index in [9.17, 15) is 0 Å². The van der Waals surface area contributed by atoms with E-state index in [-0.39, 0.29) is 6.10 Å². The van der Waals surface area contributed by atoms with E-state index in [1.165, 1.54) is 30.4 Å². The number of aliphatic hydroxyl groups excluding tert-OH is 1. The number of rotatable bonds is 6. The third kappa shape index (κ3) is 3.72. The molecule has 94 valence electrons. The molecule has 1 aromatic rings. The quantitative estimate of drug-likeness (QED) is 0.707. The lowest BCUT2D eigenvalue weighted by atomic mass is 10.1. The van der Waals surface area contributed by atoms with Gasteiger partial charge in [0, 0.05) is 0 Å². The Kier molecular flexibility index (Phi) is 4.40. The topological polar surface area (TPSA) is 46.1 Å². The zero-order valence-corrected chi connectivity index (χ0v) is 10.5. The molecule has 3 heteroatoms. The Balaban J connectivity index is 1.72. The van der Waals surface area contributed by atoms with Crippen LogP contribution in [-0.4, -0.2) is 30.9 Å². The molecule has 0 spiro atoms. The summed E-state index contributed by atoms with van der Waals surface area (Å²) in [6.07, 6.45) is 3.45. The molecule has 0 saturated carbocycles. The molecule has 3 N–H and O–H groups in total. The molecule has 0 radical (unpaired) electrons. The Morgan fingerprint density at radius 1 is 1.35 bits per heavy atom. The molecule has 0 heterocycles. The highest BCUT2D eigenvalue weighted by molar-refractivity contribution is 5.38. The van der Waals surface area contributed by atoms with Gasteiger partial charge < -0.3 is 15.2 Å². The second-order valence-electron chi connectivity index (χ2n) is 4.79. The summed E-state index contributed by atoms with van der Waals surface area (Å²) in [5.74, 6) is 0.982. The Bertz CT molecular complexity index is 363. The lowest BCUT2D eigenvalue weighted by molar-refractivity contribution is -0.661. The summed E-state index contributed by atoms with van der Waals surface area (Å²) in [6.45, 7) is 4.14. The molecular weight excluding hydrogens is 214 g/mol. The van der Waals surface area contributed by atoms with E-state index in [1.54, 1.807) is 6.92 Å². The normalized spacial score (nSPS) is 15.6. The first-order valence-electron chi connectivity index (χ1n) is 6.50. The minimum atomic E-state index is -0.241. The van der Waals surface area contributed by atoms with Crippen LogP contribution in [0.25, 0.3) is 0 Å². The minimum Gasteiger partial charge on any atom is -0.488 e. The first kappa shape index (κ1) is 12.4. The van der Waals surface area contributed by atoms with Gasteiger partial charge in [0.15, 0.2) is 0 Å². The van der Waals surface area contributed by atoms with Crippen molar-refractivity contribution in [3.63, 3.8) is 0 Å². The lowest BCUT2D eigenvalue weighted by Crippen LogP contribution is -2.87. The summed E-state index contributed by atoms with van der Waals surface area (Å²) < 4.78 is 5.70. The molecule has 0 aromatic heterocycles. The fraction of sp³-hybridized carbons (Fsp3) is 0.571. The molecule has 0 fully saturated rings. The number of ether oxygens (including phenoxy) is 1. The highest BCUT2D eigenvalue weighted by atomic mass is 16.5. The van der Waals surface area contributed by atoms with Gasteiger partial charge in [0.25, 0.3) is 0 Å². The van der Waals surface area contributed by atoms with Crippen molar-refractivity contribution in [3.05, 3.63) is 29.3 Å². The van der Waals surface area contributed by atoms with Gasteiger partial charge in [-0.25, -0.2) is 0 Å². The Labute approximate surface area is 103 Å². The summed E-state index contributed by atoms with van der Waals surface area (Å²) in [5, 5.41) is 11.2. The predicted molar refractivity (Wildman–Crippen MR) is 67.3 cm³/mol. The van der Waals surface area contributed by atoms with Gasteiger partial charge in [-0.05, 0) is 49.4 Å². The van der Waals surface area contributed by atoms with Crippen molar-refractivity contribution in [2.45, 2.75) is 32.3 Å². The van der Waals surface area contributed by atoms with Crippen LogP contribution in [0, 0.1) is 0 Å². The number of nitrogens with two attached hydrogens (primary N) is 1. The molecule has 1 aliphatic rings. The summed E-state index contributed by atoms with van der Waals surface area (Å²) >= 11 is 0. The van der Waals surface area contributed by atoms with Crippen LogP contribution in [0.4, 0.5) is 0 Å². The third-order valence-electron chi connectivity index (χ3n) is 3.17. The van der Waals surface area contributed by atoms with Crippen molar-refractivity contribution in [2.24, 2.45) is 0 Å². The van der Waals surface area contributed by atoms with Crippen molar-refractivity contribution >= 4 is 0 Å². The molecule has 3 nitrogen and oxygen atoms in total. The van der Waals surface area contributed by atoms with E-state index >= 15 is 0 Å². The number of fused-ring (bicyclic) bond motifs is 1. The maximum Gasteiger partial charge on any atom is 0.137 e. The zero-order valence-electron chi connectivity index (χ0n) is 10.5. The van der Waals surface area contributed by atoms with E-state index in [0.29, 0.717) is 6.61 Å². The Morgan fingerprint density at radius 3 is 3.00 bits per heavy atom. The molecule has 1 aliphatic carbocycles. The van der Waals surface area contributed by atoms with Crippen molar-refractivity contribution in [1.29, 1.82) is 0 Å². The van der Waals surface area contributed by atoms with Crippen LogP contribution in [0.1, 0.15) is 24.5 Å². The Hall–Kier alpha value is -1.06. The van der Waals surface area contributed by atoms with E-state index in [4.69, 9.17) is 9.84 Å². The molecule has 1 atom stereocenters. The van der Waals surface area contributed by atoms with Gasteiger partial charge in [0.1, 0.15) is 25.4 Å². The van der Waals surface area contributed by atoms with E-state index < -0.39 is 0 Å². The maximum absolute atomic E-state index is 9.10. The third-order valence-corrected chi connectivity index (χ3v) is 3.17. The summed E-state index contributed by atoms with van der Waals surface area (Å²) in [6, 6.07) is 6.44. The molecule has 17 heavy (non-hydrogen) atoms. The highest BCUT2D eigenvalue weighted by Crippen LogP contribution is 2.25. The predicted octanol–water partition coefficient (Wildman–Crippen LogP) is 0.498. The molecule has 1 aromatic carbocycles. The van der Waals surface area contributed by atoms with Crippen LogP contribution in [0.3, 0.4) is 0 Å². The summed E-state index contributed by atoms with van der Waals surface area (Å²) in [7, 11) is 0. The molecule has 0 saturated heterocycles. The fourth-order valence-corrected chi connectivity index (χ4v) is 2.26. The summed E-state index contributed by atoms with van der Waals surface area (Å²) in [5.41, 5.74) is 2.94. The number of hydrogen-bond acceptors (Lipinski definition) is 2. The molecular formula is C14H22NO2+. The molecule has 0 bridgehead atoms. The second kappa shape index (κ2) is 6.03. The molecule has 2 rings (SSSR count). The fourth-order valence-electron chi connectivity index (χ4n) is 2.26. The van der Waals surface area contributed by atoms with E-state index in [0.717, 1.165) is 18.8 Å². The zero-order chi connectivity index (χ0) is 12.1. The first-order valence-corrected chi connectivity index (χ1v) is 6.50. The smallest absolute Gasteiger partial charge is 0.137 e. The van der Waals surface area contributed by atoms with Crippen LogP contribution in [0.5, 0.6) is 5.75 Å². The van der Waals surface area contributed by atoms with Crippen LogP contribution >= 0.6 is 0 Å². The van der Waals surface area contributed by atoms with Gasteiger partial charge in [-0.3, -0.25) is 0 Å². The van der Waals surface area contributed by atoms with Crippen LogP contribution in [0.2, 0.25) is 0 Å². The molecule has 0 aliphatic heterocycles. The average Bonchev–Trinajstić information content (AvgIpc) is 2.75. The second-order valence-corrected chi connectivity index (χ2v) is 4.79. The minimum absolute atomic E-state index is 0.241. The van der Waals surface area contributed by atoms with E-state index in [2.05, 4.69) is 23.5 Å². The molecule has 0 unspecified atom stereocenters. The van der Waals surface area contributed by atoms with Crippen molar-refractivity contribution in [1.82, 2.24) is 0 Å². The number of aryl methyl sites for hydroxylation is 2. The largest absolute Gasteiger partial charge is 0.488 e. The van der Waals surface area contributed by atoms with Crippen molar-refractivity contribution in [2.75, 3.05) is 19.7 Å². The van der Waals surface area contributed by atoms with Crippen LogP contribution in [0.15, 0.2) is 18.2 Å². The number of quaternary nitrogens is 1. The van der Waals surface area contributed by atoms with Gasteiger partial charge in [-0.2, -0.15) is 0 Å². The number of aliphatic hydroxyl groups is 1. The standard InChI is InChI=1S/C14H21NO2/c1-11(16)10-15-7-8-17-14-6-5-12-3-2-4-13(12)9-14/h5-6,9,11,15-16H,2-4,7-8,10H2,1H3/p+1/t11-/m0/s1. The first-order chi connectivity index (χ1) is 8.25. The average molecular weight is 236 g/mol. The van der Waals surface area contributed by atoms with Gasteiger partial charge >= 0.3 is 0 Å². The maximum atomic E-state index is 9.10. The Morgan fingerprint density at radius 2 is 2.18 bits per heavy atom. The van der Waals surface area contributed by atoms with Gasteiger partial charge in [0.05, 0.1) is 6.10 Å². The van der Waals surface area contributed by atoms with Crippen LogP contribution < -0.4 is 10.1 Å². The van der Waals surface area contributed by atoms with Crippen LogP contribution in [-0.2, 0) is 12.8 Å². The monoisotopic (exact) mass is 236 g/mol. The van der Waals surface area contributed by atoms with Crippen molar-refractivity contribution in [3.8, 4) is 5.75 Å². The highest BCUT2D eigenvalue weighted by Gasteiger charge is 2.11. The molecule has 0 amide bonds. The number of hydrogen-bond donors (Lipinski definition) is 2. The summed E-state index contributed by atoms with van der Waals surface area (Å²) in [4.78, 5) is 0. The van der Waals surface area contributed by atoms with E-state index in [1.807, 2.05) is 0 Å². The van der Waals surface area contributed by atoms with Gasteiger partial charge in [-0.1, -0.05) is 6.07 Å². The van der Waals surface area contributed by atoms with Gasteiger partial charge in [-0.15, -0.1) is 0 Å². The van der Waals surface area contributed by atoms with Crippen molar-refractivity contribution < 1.29 is 15.2 Å².